The summed E-state index contributed by atoms with van der Waals surface area (Å²) >= 11 is 0. The van der Waals surface area contributed by atoms with Crippen LogP contribution in [-0.4, -0.2) is 0 Å². The van der Waals surface area contributed by atoms with Crippen molar-refractivity contribution in [1.82, 2.24) is 5.32 Å². The summed E-state index contributed by atoms with van der Waals surface area (Å²) in [5, 5.41) is 3.37. The van der Waals surface area contributed by atoms with E-state index in [1.54, 1.807) is 6.26 Å². The van der Waals surface area contributed by atoms with E-state index < -0.39 is 0 Å². The Labute approximate surface area is 89.9 Å². The van der Waals surface area contributed by atoms with Gasteiger partial charge in [0.1, 0.15) is 5.76 Å². The van der Waals surface area contributed by atoms with Crippen LogP contribution in [0, 0.1) is 6.92 Å². The third kappa shape index (κ3) is 2.96. The molecule has 0 fully saturated rings. The van der Waals surface area contributed by atoms with Crippen molar-refractivity contribution in [2.24, 2.45) is 0 Å². The fourth-order valence-electron chi connectivity index (χ4n) is 1.54. The molecule has 0 spiro atoms. The van der Waals surface area contributed by atoms with Crippen molar-refractivity contribution in [3.8, 4) is 0 Å². The molecule has 0 aliphatic rings. The van der Waals surface area contributed by atoms with Gasteiger partial charge in [-0.25, -0.2) is 0 Å². The van der Waals surface area contributed by atoms with Crippen LogP contribution in [0.25, 0.3) is 0 Å². The van der Waals surface area contributed by atoms with Gasteiger partial charge in [-0.1, -0.05) is 30.3 Å². The van der Waals surface area contributed by atoms with Crippen LogP contribution < -0.4 is 5.32 Å². The smallest absolute Gasteiger partial charge is 0.101 e. The molecule has 2 aromatic rings. The van der Waals surface area contributed by atoms with Crippen molar-refractivity contribution in [2.75, 3.05) is 0 Å². The molecule has 0 atom stereocenters. The Kier molecular flexibility index (Phi) is 3.20. The molecule has 0 amide bonds. The zero-order valence-electron chi connectivity index (χ0n) is 8.86. The molecule has 1 aromatic heterocycles. The van der Waals surface area contributed by atoms with Crippen LogP contribution >= 0.6 is 0 Å². The van der Waals surface area contributed by atoms with Gasteiger partial charge in [-0.15, -0.1) is 0 Å². The summed E-state index contributed by atoms with van der Waals surface area (Å²) in [7, 11) is 0. The molecular weight excluding hydrogens is 186 g/mol. The minimum absolute atomic E-state index is 0.853. The highest BCUT2D eigenvalue weighted by atomic mass is 16.3. The number of aryl methyl sites for hydroxylation is 1. The normalized spacial score (nSPS) is 10.5. The molecule has 1 N–H and O–H groups in total. The molecule has 15 heavy (non-hydrogen) atoms. The van der Waals surface area contributed by atoms with E-state index in [0.717, 1.165) is 18.8 Å². The van der Waals surface area contributed by atoms with Gasteiger partial charge in [-0.2, -0.15) is 0 Å². The lowest BCUT2D eigenvalue weighted by Crippen LogP contribution is -2.11. The SMILES string of the molecule is Cc1cc(CNCc2ccccc2)co1. The van der Waals surface area contributed by atoms with Gasteiger partial charge in [-0.05, 0) is 18.6 Å². The summed E-state index contributed by atoms with van der Waals surface area (Å²) in [5.74, 6) is 0.964. The van der Waals surface area contributed by atoms with E-state index in [4.69, 9.17) is 4.42 Å². The van der Waals surface area contributed by atoms with Crippen LogP contribution in [-0.2, 0) is 13.1 Å². The summed E-state index contributed by atoms with van der Waals surface area (Å²) in [6, 6.07) is 12.4. The van der Waals surface area contributed by atoms with Gasteiger partial charge in [0.2, 0.25) is 0 Å². The topological polar surface area (TPSA) is 25.2 Å². The summed E-state index contributed by atoms with van der Waals surface area (Å²) in [5.41, 5.74) is 2.50. The highest BCUT2D eigenvalue weighted by Crippen LogP contribution is 2.06. The quantitative estimate of drug-likeness (QED) is 0.822. The highest BCUT2D eigenvalue weighted by molar-refractivity contribution is 5.15. The summed E-state index contributed by atoms with van der Waals surface area (Å²) < 4.78 is 5.23. The maximum Gasteiger partial charge on any atom is 0.101 e. The van der Waals surface area contributed by atoms with E-state index in [1.807, 2.05) is 13.0 Å². The standard InChI is InChI=1S/C13H15NO/c1-11-7-13(10-15-11)9-14-8-12-5-3-2-4-6-12/h2-7,10,14H,8-9H2,1H3. The van der Waals surface area contributed by atoms with Gasteiger partial charge < -0.3 is 9.73 Å². The van der Waals surface area contributed by atoms with E-state index in [-0.39, 0.29) is 0 Å². The fourth-order valence-corrected chi connectivity index (χ4v) is 1.54. The predicted molar refractivity (Wildman–Crippen MR) is 60.4 cm³/mol. The molecule has 1 aromatic carbocycles. The number of furan rings is 1. The third-order valence-electron chi connectivity index (χ3n) is 2.29. The van der Waals surface area contributed by atoms with Crippen molar-refractivity contribution in [3.05, 3.63) is 59.5 Å². The zero-order valence-corrected chi connectivity index (χ0v) is 8.86. The lowest BCUT2D eigenvalue weighted by molar-refractivity contribution is 0.529. The lowest BCUT2D eigenvalue weighted by Gasteiger charge is -2.02. The Bertz CT molecular complexity index is 405. The number of nitrogens with one attached hydrogen (secondary N) is 1. The largest absolute Gasteiger partial charge is 0.469 e. The molecule has 0 aliphatic carbocycles. The molecule has 0 radical (unpaired) electrons. The average Bonchev–Trinajstić information content (AvgIpc) is 2.66. The zero-order chi connectivity index (χ0) is 10.5. The van der Waals surface area contributed by atoms with Gasteiger partial charge >= 0.3 is 0 Å². The molecule has 2 rings (SSSR count). The van der Waals surface area contributed by atoms with E-state index in [9.17, 15) is 0 Å². The number of hydrogen-bond acceptors (Lipinski definition) is 2. The van der Waals surface area contributed by atoms with Crippen LogP contribution in [0.2, 0.25) is 0 Å². The van der Waals surface area contributed by atoms with Crippen molar-refractivity contribution in [1.29, 1.82) is 0 Å². The monoisotopic (exact) mass is 201 g/mol. The van der Waals surface area contributed by atoms with Crippen molar-refractivity contribution < 1.29 is 4.42 Å². The van der Waals surface area contributed by atoms with Crippen LogP contribution in [0.15, 0.2) is 47.1 Å². The van der Waals surface area contributed by atoms with Crippen LogP contribution in [0.5, 0.6) is 0 Å². The van der Waals surface area contributed by atoms with E-state index in [1.165, 1.54) is 11.1 Å². The van der Waals surface area contributed by atoms with Gasteiger partial charge in [0, 0.05) is 18.7 Å². The third-order valence-corrected chi connectivity index (χ3v) is 2.29. The van der Waals surface area contributed by atoms with E-state index in [0.29, 0.717) is 0 Å². The van der Waals surface area contributed by atoms with Crippen molar-refractivity contribution in [2.45, 2.75) is 20.0 Å². The van der Waals surface area contributed by atoms with Gasteiger partial charge in [0.05, 0.1) is 6.26 Å². The Morgan fingerprint density at radius 2 is 1.80 bits per heavy atom. The van der Waals surface area contributed by atoms with Crippen molar-refractivity contribution >= 4 is 0 Å². The molecular formula is C13H15NO. The van der Waals surface area contributed by atoms with E-state index >= 15 is 0 Å². The van der Waals surface area contributed by atoms with Gasteiger partial charge in [0.25, 0.3) is 0 Å². The van der Waals surface area contributed by atoms with Gasteiger partial charge in [0.15, 0.2) is 0 Å². The molecule has 0 unspecified atom stereocenters. The highest BCUT2D eigenvalue weighted by Gasteiger charge is 1.97. The fraction of sp³-hybridized carbons (Fsp3) is 0.231. The first-order chi connectivity index (χ1) is 7.34. The molecule has 1 heterocycles. The Balaban J connectivity index is 1.80. The second-order valence-electron chi connectivity index (χ2n) is 3.65. The van der Waals surface area contributed by atoms with Gasteiger partial charge in [-0.3, -0.25) is 0 Å². The molecule has 78 valence electrons. The first kappa shape index (κ1) is 9.99. The predicted octanol–water partition coefficient (Wildman–Crippen LogP) is 2.88. The maximum atomic E-state index is 5.23. The average molecular weight is 201 g/mol. The minimum atomic E-state index is 0.853. The summed E-state index contributed by atoms with van der Waals surface area (Å²) in [6.07, 6.45) is 1.80. The number of hydrogen-bond donors (Lipinski definition) is 1. The Morgan fingerprint density at radius 1 is 1.07 bits per heavy atom. The molecule has 2 nitrogen and oxygen atoms in total. The molecule has 0 aliphatic heterocycles. The van der Waals surface area contributed by atoms with Crippen LogP contribution in [0.1, 0.15) is 16.9 Å². The minimum Gasteiger partial charge on any atom is -0.469 e. The van der Waals surface area contributed by atoms with Crippen LogP contribution in [0.3, 0.4) is 0 Å². The first-order valence-corrected chi connectivity index (χ1v) is 5.13. The van der Waals surface area contributed by atoms with Crippen molar-refractivity contribution in [3.63, 3.8) is 0 Å². The Hall–Kier alpha value is -1.54. The first-order valence-electron chi connectivity index (χ1n) is 5.13. The molecule has 0 saturated heterocycles. The number of rotatable bonds is 4. The molecule has 0 saturated carbocycles. The molecule has 2 heteroatoms. The Morgan fingerprint density at radius 3 is 2.47 bits per heavy atom. The summed E-state index contributed by atoms with van der Waals surface area (Å²) in [6.45, 7) is 3.71. The lowest BCUT2D eigenvalue weighted by atomic mass is 10.2. The van der Waals surface area contributed by atoms with E-state index in [2.05, 4.69) is 35.6 Å². The van der Waals surface area contributed by atoms with Crippen LogP contribution in [0.4, 0.5) is 0 Å². The summed E-state index contributed by atoms with van der Waals surface area (Å²) in [4.78, 5) is 0. The second kappa shape index (κ2) is 4.80. The number of benzene rings is 1. The second-order valence-corrected chi connectivity index (χ2v) is 3.65. The maximum absolute atomic E-state index is 5.23. The molecule has 0 bridgehead atoms.